The Morgan fingerprint density at radius 2 is 1.88 bits per heavy atom. The minimum absolute atomic E-state index is 0.131. The third kappa shape index (κ3) is 1.60. The van der Waals surface area contributed by atoms with E-state index < -0.39 is 17.1 Å². The van der Waals surface area contributed by atoms with Gasteiger partial charge in [-0.3, -0.25) is 9.59 Å². The van der Waals surface area contributed by atoms with Gasteiger partial charge in [-0.2, -0.15) is 0 Å². The number of nitrogens with zero attached hydrogens (tertiary/aromatic N) is 1. The summed E-state index contributed by atoms with van der Waals surface area (Å²) in [4.78, 5) is 36.0. The Morgan fingerprint density at radius 1 is 1.31 bits per heavy atom. The molecule has 5 nitrogen and oxygen atoms in total. The fourth-order valence-corrected chi connectivity index (χ4v) is 1.83. The molecule has 0 unspecified atom stereocenters. The van der Waals surface area contributed by atoms with Gasteiger partial charge in [0.2, 0.25) is 5.91 Å². The van der Waals surface area contributed by atoms with Crippen LogP contribution in [0.25, 0.3) is 0 Å². The van der Waals surface area contributed by atoms with Crippen LogP contribution in [0.4, 0.5) is 4.79 Å². The number of likely N-dealkylation sites (tertiary alicyclic amines) is 1. The molecule has 1 saturated heterocycles. The number of hydrogen-bond acceptors (Lipinski definition) is 4. The first-order valence-electron chi connectivity index (χ1n) is 5.34. The fourth-order valence-electron chi connectivity index (χ4n) is 1.83. The average molecular weight is 225 g/mol. The van der Waals surface area contributed by atoms with Crippen molar-refractivity contribution in [2.45, 2.75) is 39.2 Å². The van der Waals surface area contributed by atoms with Crippen molar-refractivity contribution in [1.29, 1.82) is 0 Å². The molecule has 0 aromatic rings. The highest BCUT2D eigenvalue weighted by atomic mass is 16.6. The number of ether oxygens (including phenoxy) is 1. The lowest BCUT2D eigenvalue weighted by molar-refractivity contribution is -0.133. The molecule has 2 rings (SSSR count). The maximum atomic E-state index is 11.8. The monoisotopic (exact) mass is 225 g/mol. The molecule has 0 aromatic heterocycles. The molecule has 5 heteroatoms. The molecule has 16 heavy (non-hydrogen) atoms. The van der Waals surface area contributed by atoms with Crippen molar-refractivity contribution in [3.05, 3.63) is 0 Å². The highest BCUT2D eigenvalue weighted by molar-refractivity contribution is 6.19. The summed E-state index contributed by atoms with van der Waals surface area (Å²) >= 11 is 0. The summed E-state index contributed by atoms with van der Waals surface area (Å²) in [6.07, 6.45) is 0.433. The van der Waals surface area contributed by atoms with E-state index in [-0.39, 0.29) is 18.2 Å². The molecule has 0 atom stereocenters. The molecule has 2 aliphatic rings. The van der Waals surface area contributed by atoms with Crippen LogP contribution in [0.3, 0.4) is 0 Å². The summed E-state index contributed by atoms with van der Waals surface area (Å²) in [5, 5.41) is 0. The summed E-state index contributed by atoms with van der Waals surface area (Å²) in [7, 11) is 0. The Kier molecular flexibility index (Phi) is 2.12. The van der Waals surface area contributed by atoms with E-state index >= 15 is 0 Å². The zero-order valence-corrected chi connectivity index (χ0v) is 9.70. The SMILES string of the molecule is CC(C)(C)OC(=O)N1CC(=O)C2(CC2)C1=O. The van der Waals surface area contributed by atoms with Gasteiger partial charge in [-0.15, -0.1) is 0 Å². The van der Waals surface area contributed by atoms with Crippen molar-refractivity contribution in [3.8, 4) is 0 Å². The second kappa shape index (κ2) is 3.06. The first kappa shape index (κ1) is 11.1. The fraction of sp³-hybridized carbons (Fsp3) is 0.727. The molecule has 2 fully saturated rings. The first-order valence-corrected chi connectivity index (χ1v) is 5.34. The molecule has 88 valence electrons. The highest BCUT2D eigenvalue weighted by Gasteiger charge is 2.63. The van der Waals surface area contributed by atoms with Gasteiger partial charge in [-0.05, 0) is 33.6 Å². The Bertz CT molecular complexity index is 376. The molecule has 0 aromatic carbocycles. The number of ketones is 1. The zero-order valence-electron chi connectivity index (χ0n) is 9.70. The number of carbonyl (C=O) groups is 3. The van der Waals surface area contributed by atoms with Crippen LogP contribution < -0.4 is 0 Å². The van der Waals surface area contributed by atoms with Crippen molar-refractivity contribution < 1.29 is 19.1 Å². The number of Topliss-reactive ketones (excluding diaryl/α,β-unsaturated/α-hetero) is 1. The third-order valence-electron chi connectivity index (χ3n) is 2.85. The minimum Gasteiger partial charge on any atom is -0.443 e. The maximum Gasteiger partial charge on any atom is 0.417 e. The van der Waals surface area contributed by atoms with E-state index in [1.54, 1.807) is 20.8 Å². The molecule has 0 N–H and O–H groups in total. The second-order valence-corrected chi connectivity index (χ2v) is 5.38. The minimum atomic E-state index is -0.864. The van der Waals surface area contributed by atoms with E-state index in [0.29, 0.717) is 12.8 Å². The lowest BCUT2D eigenvalue weighted by Gasteiger charge is -2.23. The molecule has 0 radical (unpaired) electrons. The van der Waals surface area contributed by atoms with Gasteiger partial charge in [0.15, 0.2) is 5.78 Å². The van der Waals surface area contributed by atoms with Crippen LogP contribution >= 0.6 is 0 Å². The van der Waals surface area contributed by atoms with Crippen LogP contribution in [0.1, 0.15) is 33.6 Å². The third-order valence-corrected chi connectivity index (χ3v) is 2.85. The van der Waals surface area contributed by atoms with Crippen molar-refractivity contribution in [2.75, 3.05) is 6.54 Å². The number of rotatable bonds is 0. The van der Waals surface area contributed by atoms with E-state index in [1.165, 1.54) is 0 Å². The normalized spacial score (nSPS) is 22.8. The van der Waals surface area contributed by atoms with Crippen LogP contribution in [0.15, 0.2) is 0 Å². The molecule has 1 spiro atoms. The largest absolute Gasteiger partial charge is 0.443 e. The average Bonchev–Trinajstić information content (AvgIpc) is 2.85. The topological polar surface area (TPSA) is 63.7 Å². The summed E-state index contributed by atoms with van der Waals surface area (Å²) in [5.74, 6) is -0.532. The Labute approximate surface area is 93.7 Å². The molecular formula is C11H15NO4. The van der Waals surface area contributed by atoms with E-state index in [1.807, 2.05) is 0 Å². The molecule has 1 aliphatic heterocycles. The quantitative estimate of drug-likeness (QED) is 0.579. The van der Waals surface area contributed by atoms with Crippen LogP contribution in [0.5, 0.6) is 0 Å². The van der Waals surface area contributed by atoms with Crippen LogP contribution in [-0.2, 0) is 14.3 Å². The second-order valence-electron chi connectivity index (χ2n) is 5.38. The van der Waals surface area contributed by atoms with Crippen molar-refractivity contribution in [3.63, 3.8) is 0 Å². The summed E-state index contributed by atoms with van der Waals surface area (Å²) in [6.45, 7) is 5.04. The summed E-state index contributed by atoms with van der Waals surface area (Å²) in [6, 6.07) is 0. The maximum absolute atomic E-state index is 11.8. The standard InChI is InChI=1S/C11H15NO4/c1-10(2,3)16-9(15)12-6-7(13)11(4-5-11)8(12)14/h4-6H2,1-3H3. The van der Waals surface area contributed by atoms with Gasteiger partial charge >= 0.3 is 6.09 Å². The summed E-state index contributed by atoms with van der Waals surface area (Å²) in [5.41, 5.74) is -1.52. The van der Waals surface area contributed by atoms with Gasteiger partial charge in [0, 0.05) is 0 Å². The molecule has 2 amide bonds. The number of hydrogen-bond donors (Lipinski definition) is 0. The van der Waals surface area contributed by atoms with Gasteiger partial charge in [0.25, 0.3) is 0 Å². The Morgan fingerprint density at radius 3 is 2.25 bits per heavy atom. The van der Waals surface area contributed by atoms with E-state index in [0.717, 1.165) is 4.90 Å². The molecule has 1 saturated carbocycles. The van der Waals surface area contributed by atoms with Crippen LogP contribution in [-0.4, -0.2) is 34.8 Å². The number of amides is 2. The van der Waals surface area contributed by atoms with Crippen LogP contribution in [0, 0.1) is 5.41 Å². The summed E-state index contributed by atoms with van der Waals surface area (Å²) < 4.78 is 5.08. The molecule has 1 heterocycles. The zero-order chi connectivity index (χ0) is 12.1. The number of carbonyl (C=O) groups excluding carboxylic acids is 3. The predicted octanol–water partition coefficient (Wildman–Crippen LogP) is 1.11. The van der Waals surface area contributed by atoms with Gasteiger partial charge in [-0.1, -0.05) is 0 Å². The lowest BCUT2D eigenvalue weighted by atomic mass is 10.1. The van der Waals surface area contributed by atoms with E-state index in [2.05, 4.69) is 0 Å². The van der Waals surface area contributed by atoms with Crippen molar-refractivity contribution in [2.24, 2.45) is 5.41 Å². The van der Waals surface area contributed by atoms with Gasteiger partial charge in [-0.25, -0.2) is 9.69 Å². The Hall–Kier alpha value is -1.39. The molecule has 1 aliphatic carbocycles. The van der Waals surface area contributed by atoms with Gasteiger partial charge < -0.3 is 4.74 Å². The van der Waals surface area contributed by atoms with Crippen molar-refractivity contribution in [1.82, 2.24) is 4.90 Å². The molecular weight excluding hydrogens is 210 g/mol. The van der Waals surface area contributed by atoms with Gasteiger partial charge in [0.05, 0.1) is 6.54 Å². The predicted molar refractivity (Wildman–Crippen MR) is 54.6 cm³/mol. The number of imide groups is 1. The Balaban J connectivity index is 2.10. The highest BCUT2D eigenvalue weighted by Crippen LogP contribution is 2.51. The van der Waals surface area contributed by atoms with Crippen LogP contribution in [0.2, 0.25) is 0 Å². The van der Waals surface area contributed by atoms with E-state index in [4.69, 9.17) is 4.74 Å². The van der Waals surface area contributed by atoms with Gasteiger partial charge in [0.1, 0.15) is 11.0 Å². The first-order chi connectivity index (χ1) is 7.26. The molecule has 0 bridgehead atoms. The van der Waals surface area contributed by atoms with Crippen molar-refractivity contribution >= 4 is 17.8 Å². The smallest absolute Gasteiger partial charge is 0.417 e. The van der Waals surface area contributed by atoms with E-state index in [9.17, 15) is 14.4 Å². The lowest BCUT2D eigenvalue weighted by Crippen LogP contribution is -2.38.